The van der Waals surface area contributed by atoms with Gasteiger partial charge in [-0.3, -0.25) is 5.10 Å². The first-order chi connectivity index (χ1) is 9.24. The van der Waals surface area contributed by atoms with Gasteiger partial charge in [-0.1, -0.05) is 6.07 Å². The van der Waals surface area contributed by atoms with Crippen LogP contribution in [-0.4, -0.2) is 21.9 Å². The predicted molar refractivity (Wildman–Crippen MR) is 76.2 cm³/mol. The van der Waals surface area contributed by atoms with E-state index >= 15 is 0 Å². The predicted octanol–water partition coefficient (Wildman–Crippen LogP) is 2.64. The number of fused-ring (bicyclic) bond motifs is 1. The largest absolute Gasteiger partial charge is 0.496 e. The molecule has 0 saturated carbocycles. The minimum atomic E-state index is 0.495. The Hall–Kier alpha value is -2.43. The number of nitrogen functional groups attached to an aromatic ring is 1. The van der Waals surface area contributed by atoms with Crippen LogP contribution in [0.4, 0.5) is 5.82 Å². The van der Waals surface area contributed by atoms with E-state index < -0.39 is 0 Å². The highest BCUT2D eigenvalue weighted by atomic mass is 16.5. The maximum Gasteiger partial charge on any atom is 0.145 e. The van der Waals surface area contributed by atoms with E-state index in [0.29, 0.717) is 5.82 Å². The molecule has 0 amide bonds. The molecule has 0 aliphatic rings. The number of benzene rings is 1. The first-order valence-corrected chi connectivity index (χ1v) is 6.22. The Balaban J connectivity index is 2.30. The number of ether oxygens (including phenoxy) is 1. The zero-order chi connectivity index (χ0) is 13.4. The second-order valence-electron chi connectivity index (χ2n) is 4.37. The van der Waals surface area contributed by atoms with Gasteiger partial charge in [-0.15, -0.1) is 0 Å². The van der Waals surface area contributed by atoms with Gasteiger partial charge >= 0.3 is 0 Å². The number of nitrogens with two attached hydrogens (primary N) is 1. The molecule has 0 atom stereocenters. The van der Waals surface area contributed by atoms with Gasteiger partial charge < -0.3 is 15.0 Å². The Bertz CT molecular complexity index is 726. The van der Waals surface area contributed by atoms with Gasteiger partial charge in [0.15, 0.2) is 0 Å². The lowest BCUT2D eigenvalue weighted by molar-refractivity contribution is 0.420. The van der Waals surface area contributed by atoms with Crippen LogP contribution in [0.5, 0.6) is 5.75 Å². The van der Waals surface area contributed by atoms with Gasteiger partial charge in [-0.25, -0.2) is 0 Å². The van der Waals surface area contributed by atoms with E-state index in [1.165, 1.54) is 0 Å². The van der Waals surface area contributed by atoms with Crippen LogP contribution in [0.3, 0.4) is 0 Å². The third-order valence-corrected chi connectivity index (χ3v) is 3.32. The number of anilines is 1. The van der Waals surface area contributed by atoms with Crippen molar-refractivity contribution in [2.75, 3.05) is 12.8 Å². The molecule has 0 radical (unpaired) electrons. The summed E-state index contributed by atoms with van der Waals surface area (Å²) in [6.07, 6.45) is 0. The molecule has 3 aromatic rings. The molecule has 2 aromatic heterocycles. The van der Waals surface area contributed by atoms with Crippen LogP contribution < -0.4 is 10.5 Å². The van der Waals surface area contributed by atoms with Crippen molar-refractivity contribution in [1.29, 1.82) is 0 Å². The number of H-pyrrole nitrogens is 1. The minimum Gasteiger partial charge on any atom is -0.496 e. The molecule has 3 N–H and O–H groups in total. The fourth-order valence-corrected chi connectivity index (χ4v) is 2.47. The number of methoxy groups -OCH3 is 1. The molecule has 0 fully saturated rings. The van der Waals surface area contributed by atoms with E-state index in [1.54, 1.807) is 7.11 Å². The van der Waals surface area contributed by atoms with Gasteiger partial charge in [0.25, 0.3) is 0 Å². The number of hydrogen-bond acceptors (Lipinski definition) is 3. The average molecular weight is 256 g/mol. The lowest BCUT2D eigenvalue weighted by Gasteiger charge is -2.06. The van der Waals surface area contributed by atoms with Crippen molar-refractivity contribution in [2.45, 2.75) is 13.5 Å². The number of aromatic amines is 1. The summed E-state index contributed by atoms with van der Waals surface area (Å²) in [5.74, 6) is 1.37. The van der Waals surface area contributed by atoms with Crippen LogP contribution >= 0.6 is 0 Å². The summed E-state index contributed by atoms with van der Waals surface area (Å²) < 4.78 is 7.63. The molecule has 0 unspecified atom stereocenters. The number of rotatable bonds is 3. The summed E-state index contributed by atoms with van der Waals surface area (Å²) in [6.45, 7) is 2.98. The minimum absolute atomic E-state index is 0.495. The van der Waals surface area contributed by atoms with Gasteiger partial charge in [0.1, 0.15) is 11.6 Å². The third kappa shape index (κ3) is 1.74. The van der Waals surface area contributed by atoms with Crippen molar-refractivity contribution >= 4 is 16.7 Å². The van der Waals surface area contributed by atoms with Gasteiger partial charge in [0.2, 0.25) is 0 Å². The van der Waals surface area contributed by atoms with E-state index in [1.807, 2.05) is 18.2 Å². The number of aromatic nitrogens is 3. The summed E-state index contributed by atoms with van der Waals surface area (Å²) >= 11 is 0. The van der Waals surface area contributed by atoms with Gasteiger partial charge in [-0.05, 0) is 25.1 Å². The fourth-order valence-electron chi connectivity index (χ4n) is 2.47. The van der Waals surface area contributed by atoms with Crippen molar-refractivity contribution in [3.8, 4) is 17.1 Å². The zero-order valence-electron chi connectivity index (χ0n) is 11.0. The summed E-state index contributed by atoms with van der Waals surface area (Å²) in [7, 11) is 1.69. The maximum absolute atomic E-state index is 5.68. The SMILES string of the molecule is CCn1c(-c2cc(N)n[nH]2)cc2c(OC)cccc21. The van der Waals surface area contributed by atoms with E-state index in [4.69, 9.17) is 10.5 Å². The van der Waals surface area contributed by atoms with Crippen molar-refractivity contribution in [1.82, 2.24) is 14.8 Å². The molecule has 0 aliphatic heterocycles. The highest BCUT2D eigenvalue weighted by molar-refractivity contribution is 5.91. The first-order valence-electron chi connectivity index (χ1n) is 6.22. The van der Waals surface area contributed by atoms with E-state index in [2.05, 4.69) is 33.8 Å². The number of hydrogen-bond donors (Lipinski definition) is 2. The average Bonchev–Trinajstić information content (AvgIpc) is 3.00. The molecule has 3 rings (SSSR count). The lowest BCUT2D eigenvalue weighted by Crippen LogP contribution is -1.96. The topological polar surface area (TPSA) is 68.9 Å². The maximum atomic E-state index is 5.68. The van der Waals surface area contributed by atoms with Crippen LogP contribution in [0, 0.1) is 0 Å². The molecule has 19 heavy (non-hydrogen) atoms. The molecule has 5 nitrogen and oxygen atoms in total. The fraction of sp³-hybridized carbons (Fsp3) is 0.214. The summed E-state index contributed by atoms with van der Waals surface area (Å²) in [5, 5.41) is 8.04. The Morgan fingerprint density at radius 2 is 2.21 bits per heavy atom. The van der Waals surface area contributed by atoms with E-state index in [9.17, 15) is 0 Å². The molecule has 0 spiro atoms. The second-order valence-corrected chi connectivity index (χ2v) is 4.37. The standard InChI is InChI=1S/C14H16N4O/c1-3-18-11-5-4-6-13(19-2)9(11)7-12(18)10-8-14(15)17-16-10/h4-8H,3H2,1-2H3,(H3,15,16,17). The Morgan fingerprint density at radius 1 is 1.37 bits per heavy atom. The van der Waals surface area contributed by atoms with Crippen molar-refractivity contribution in [3.63, 3.8) is 0 Å². The highest BCUT2D eigenvalue weighted by Crippen LogP contribution is 2.33. The molecule has 0 saturated heterocycles. The molecular formula is C14H16N4O. The van der Waals surface area contributed by atoms with Gasteiger partial charge in [0.05, 0.1) is 24.0 Å². The summed E-state index contributed by atoms with van der Waals surface area (Å²) in [6, 6.07) is 9.99. The van der Waals surface area contributed by atoms with Crippen molar-refractivity contribution in [2.24, 2.45) is 0 Å². The van der Waals surface area contributed by atoms with Crippen molar-refractivity contribution < 1.29 is 4.74 Å². The quantitative estimate of drug-likeness (QED) is 0.757. The van der Waals surface area contributed by atoms with E-state index in [0.717, 1.165) is 34.6 Å². The molecule has 98 valence electrons. The van der Waals surface area contributed by atoms with Gasteiger partial charge in [0, 0.05) is 18.0 Å². The van der Waals surface area contributed by atoms with Crippen LogP contribution in [0.1, 0.15) is 6.92 Å². The van der Waals surface area contributed by atoms with Crippen LogP contribution in [0.2, 0.25) is 0 Å². The number of aryl methyl sites for hydroxylation is 1. The lowest BCUT2D eigenvalue weighted by atomic mass is 10.2. The smallest absolute Gasteiger partial charge is 0.145 e. The van der Waals surface area contributed by atoms with Crippen molar-refractivity contribution in [3.05, 3.63) is 30.3 Å². The molecule has 1 aromatic carbocycles. The number of nitrogens with zero attached hydrogens (tertiary/aromatic N) is 2. The molecule has 0 bridgehead atoms. The molecule has 2 heterocycles. The zero-order valence-corrected chi connectivity index (χ0v) is 11.0. The Morgan fingerprint density at radius 3 is 2.84 bits per heavy atom. The Labute approximate surface area is 111 Å². The molecular weight excluding hydrogens is 240 g/mol. The third-order valence-electron chi connectivity index (χ3n) is 3.32. The van der Waals surface area contributed by atoms with Crippen LogP contribution in [0.25, 0.3) is 22.3 Å². The highest BCUT2D eigenvalue weighted by Gasteiger charge is 2.13. The Kier molecular flexibility index (Phi) is 2.67. The van der Waals surface area contributed by atoms with Crippen LogP contribution in [0.15, 0.2) is 30.3 Å². The molecule has 0 aliphatic carbocycles. The van der Waals surface area contributed by atoms with Gasteiger partial charge in [-0.2, -0.15) is 5.10 Å². The second kappa shape index (κ2) is 4.35. The normalized spacial score (nSPS) is 11.1. The van der Waals surface area contributed by atoms with E-state index in [-0.39, 0.29) is 0 Å². The summed E-state index contributed by atoms with van der Waals surface area (Å²) in [4.78, 5) is 0. The number of nitrogens with one attached hydrogen (secondary N) is 1. The monoisotopic (exact) mass is 256 g/mol. The first kappa shape index (κ1) is 11.6. The van der Waals surface area contributed by atoms with Crippen LogP contribution in [-0.2, 0) is 6.54 Å². The summed E-state index contributed by atoms with van der Waals surface area (Å²) in [5.41, 5.74) is 8.80. The molecule has 5 heteroatoms.